The van der Waals surface area contributed by atoms with Crippen molar-refractivity contribution in [2.24, 2.45) is 5.92 Å². The molecule has 0 N–H and O–H groups in total. The van der Waals surface area contributed by atoms with Crippen molar-refractivity contribution in [1.29, 1.82) is 0 Å². The molecule has 0 spiro atoms. The number of rotatable bonds is 1. The smallest absolute Gasteiger partial charge is 0.229 e. The van der Waals surface area contributed by atoms with Gasteiger partial charge in [-0.25, -0.2) is 9.37 Å². The lowest BCUT2D eigenvalue weighted by Gasteiger charge is -2.14. The number of amides is 1. The van der Waals surface area contributed by atoms with Crippen LogP contribution in [0.4, 0.5) is 10.2 Å². The summed E-state index contributed by atoms with van der Waals surface area (Å²) in [7, 11) is 0. The molecule has 1 amide bonds. The first-order valence-electron chi connectivity index (χ1n) is 4.56. The van der Waals surface area contributed by atoms with E-state index in [9.17, 15) is 9.18 Å². The van der Waals surface area contributed by atoms with E-state index in [1.165, 1.54) is 4.90 Å². The minimum Gasteiger partial charge on any atom is -0.293 e. The van der Waals surface area contributed by atoms with Crippen molar-refractivity contribution in [2.75, 3.05) is 11.4 Å². The van der Waals surface area contributed by atoms with Gasteiger partial charge in [0.2, 0.25) is 11.2 Å². The molecule has 2 rings (SSSR count). The van der Waals surface area contributed by atoms with Crippen molar-refractivity contribution >= 4 is 23.3 Å². The van der Waals surface area contributed by atoms with E-state index >= 15 is 0 Å². The molecule has 0 bridgehead atoms. The number of carbonyl (C=O) groups excluding carboxylic acids is 1. The Balaban J connectivity index is 2.35. The van der Waals surface area contributed by atoms with Gasteiger partial charge in [0.05, 0.1) is 6.20 Å². The first-order valence-corrected chi connectivity index (χ1v) is 4.94. The topological polar surface area (TPSA) is 46.1 Å². The molecule has 0 aliphatic carbocycles. The molecule has 1 fully saturated rings. The van der Waals surface area contributed by atoms with Crippen LogP contribution in [0.2, 0.25) is 5.28 Å². The van der Waals surface area contributed by atoms with Gasteiger partial charge in [0.1, 0.15) is 0 Å². The number of hydrogen-bond donors (Lipinski definition) is 0. The number of terminal acetylenes is 1. The first kappa shape index (κ1) is 10.8. The lowest BCUT2D eigenvalue weighted by molar-refractivity contribution is -0.117. The average Bonchev–Trinajstić information content (AvgIpc) is 2.63. The van der Waals surface area contributed by atoms with E-state index in [-0.39, 0.29) is 35.9 Å². The Morgan fingerprint density at radius 2 is 2.44 bits per heavy atom. The van der Waals surface area contributed by atoms with E-state index in [2.05, 4.69) is 15.9 Å². The molecular formula is C10H7ClFN3O. The van der Waals surface area contributed by atoms with Gasteiger partial charge in [-0.3, -0.25) is 9.69 Å². The number of carbonyl (C=O) groups is 1. The molecule has 0 saturated carbocycles. The van der Waals surface area contributed by atoms with Crippen LogP contribution in [0.3, 0.4) is 0 Å². The van der Waals surface area contributed by atoms with Crippen LogP contribution in [0.5, 0.6) is 0 Å². The van der Waals surface area contributed by atoms with Gasteiger partial charge in [-0.2, -0.15) is 4.98 Å². The lowest BCUT2D eigenvalue weighted by atomic mass is 10.1. The number of nitrogens with zero attached hydrogens (tertiary/aromatic N) is 3. The van der Waals surface area contributed by atoms with Crippen LogP contribution in [0.25, 0.3) is 0 Å². The van der Waals surface area contributed by atoms with E-state index in [0.29, 0.717) is 0 Å². The predicted molar refractivity (Wildman–Crippen MR) is 56.3 cm³/mol. The Hall–Kier alpha value is -1.67. The van der Waals surface area contributed by atoms with Gasteiger partial charge in [-0.05, 0) is 11.6 Å². The summed E-state index contributed by atoms with van der Waals surface area (Å²) in [4.78, 5) is 19.9. The maximum absolute atomic E-state index is 13.4. The maximum Gasteiger partial charge on any atom is 0.229 e. The third kappa shape index (κ3) is 1.84. The van der Waals surface area contributed by atoms with Crippen molar-refractivity contribution in [3.05, 3.63) is 17.3 Å². The first-order chi connectivity index (χ1) is 7.61. The van der Waals surface area contributed by atoms with E-state index in [4.69, 9.17) is 18.0 Å². The Labute approximate surface area is 96.4 Å². The fourth-order valence-corrected chi connectivity index (χ4v) is 1.68. The molecule has 6 heteroatoms. The summed E-state index contributed by atoms with van der Waals surface area (Å²) in [5, 5.41) is -0.103. The molecule has 82 valence electrons. The SMILES string of the molecule is C#CC1CC(=O)N(c2nc(Cl)ncc2F)C1. The van der Waals surface area contributed by atoms with E-state index < -0.39 is 5.82 Å². The highest BCUT2D eigenvalue weighted by atomic mass is 35.5. The quantitative estimate of drug-likeness (QED) is 0.547. The van der Waals surface area contributed by atoms with E-state index in [1.807, 2.05) is 0 Å². The van der Waals surface area contributed by atoms with Crippen molar-refractivity contribution in [3.8, 4) is 12.3 Å². The fourth-order valence-electron chi connectivity index (χ4n) is 1.55. The zero-order valence-electron chi connectivity index (χ0n) is 8.15. The molecule has 1 atom stereocenters. The summed E-state index contributed by atoms with van der Waals surface area (Å²) in [5.74, 6) is 1.21. The Morgan fingerprint density at radius 3 is 3.06 bits per heavy atom. The second-order valence-electron chi connectivity index (χ2n) is 3.38. The standard InChI is InChI=1S/C10H7ClFN3O/c1-2-6-3-8(16)15(5-6)9-7(12)4-13-10(11)14-9/h1,4,6H,3,5H2. The van der Waals surface area contributed by atoms with Crippen LogP contribution in [0.1, 0.15) is 6.42 Å². The van der Waals surface area contributed by atoms with E-state index in [0.717, 1.165) is 6.20 Å². The normalized spacial score (nSPS) is 19.9. The monoisotopic (exact) mass is 239 g/mol. The highest BCUT2D eigenvalue weighted by molar-refractivity contribution is 6.28. The molecule has 1 aliphatic rings. The van der Waals surface area contributed by atoms with Crippen molar-refractivity contribution in [2.45, 2.75) is 6.42 Å². The molecule has 0 radical (unpaired) electrons. The summed E-state index contributed by atoms with van der Waals surface area (Å²) < 4.78 is 13.4. The Morgan fingerprint density at radius 1 is 1.69 bits per heavy atom. The zero-order chi connectivity index (χ0) is 11.7. The molecule has 16 heavy (non-hydrogen) atoms. The summed E-state index contributed by atoms with van der Waals surface area (Å²) in [5.41, 5.74) is 0. The largest absolute Gasteiger partial charge is 0.293 e. The lowest BCUT2D eigenvalue weighted by Crippen LogP contribution is -2.26. The minimum atomic E-state index is -0.685. The average molecular weight is 240 g/mol. The van der Waals surface area contributed by atoms with Crippen molar-refractivity contribution in [1.82, 2.24) is 9.97 Å². The highest BCUT2D eigenvalue weighted by Gasteiger charge is 2.32. The third-order valence-electron chi connectivity index (χ3n) is 2.31. The number of anilines is 1. The van der Waals surface area contributed by atoms with Gasteiger partial charge in [0, 0.05) is 18.9 Å². The predicted octanol–water partition coefficient (Wildman–Crippen LogP) is 1.26. The highest BCUT2D eigenvalue weighted by Crippen LogP contribution is 2.25. The molecule has 1 aliphatic heterocycles. The molecule has 2 heterocycles. The van der Waals surface area contributed by atoms with Gasteiger partial charge in [0.25, 0.3) is 0 Å². The number of halogens is 2. The fraction of sp³-hybridized carbons (Fsp3) is 0.300. The maximum atomic E-state index is 13.4. The van der Waals surface area contributed by atoms with Gasteiger partial charge < -0.3 is 0 Å². The van der Waals surface area contributed by atoms with Gasteiger partial charge >= 0.3 is 0 Å². The van der Waals surface area contributed by atoms with Crippen molar-refractivity contribution < 1.29 is 9.18 Å². The summed E-state index contributed by atoms with van der Waals surface area (Å²) in [6, 6.07) is 0. The third-order valence-corrected chi connectivity index (χ3v) is 2.49. The molecule has 0 aromatic carbocycles. The molecular weight excluding hydrogens is 233 g/mol. The molecule has 1 aromatic heterocycles. The molecule has 1 saturated heterocycles. The minimum absolute atomic E-state index is 0.103. The zero-order valence-corrected chi connectivity index (χ0v) is 8.91. The van der Waals surface area contributed by atoms with Gasteiger partial charge in [-0.15, -0.1) is 12.3 Å². The van der Waals surface area contributed by atoms with Crippen LogP contribution in [0, 0.1) is 24.1 Å². The summed E-state index contributed by atoms with van der Waals surface area (Å²) >= 11 is 5.55. The second-order valence-corrected chi connectivity index (χ2v) is 3.72. The van der Waals surface area contributed by atoms with Crippen molar-refractivity contribution in [3.63, 3.8) is 0 Å². The summed E-state index contributed by atoms with van der Waals surface area (Å²) in [6.45, 7) is 0.263. The number of hydrogen-bond acceptors (Lipinski definition) is 3. The molecule has 1 unspecified atom stereocenters. The van der Waals surface area contributed by atoms with Crippen LogP contribution in [-0.4, -0.2) is 22.4 Å². The van der Waals surface area contributed by atoms with Gasteiger partial charge in [0.15, 0.2) is 11.6 Å². The Kier molecular flexibility index (Phi) is 2.75. The van der Waals surface area contributed by atoms with Crippen LogP contribution < -0.4 is 4.90 Å². The van der Waals surface area contributed by atoms with Gasteiger partial charge in [-0.1, -0.05) is 0 Å². The van der Waals surface area contributed by atoms with Crippen LogP contribution in [-0.2, 0) is 4.79 Å². The number of aromatic nitrogens is 2. The molecule has 4 nitrogen and oxygen atoms in total. The summed E-state index contributed by atoms with van der Waals surface area (Å²) in [6.07, 6.45) is 6.36. The second kappa shape index (κ2) is 4.06. The van der Waals surface area contributed by atoms with Crippen LogP contribution >= 0.6 is 11.6 Å². The Bertz CT molecular complexity index is 485. The van der Waals surface area contributed by atoms with Crippen LogP contribution in [0.15, 0.2) is 6.20 Å². The van der Waals surface area contributed by atoms with E-state index in [1.54, 1.807) is 0 Å². The molecule has 1 aromatic rings.